The van der Waals surface area contributed by atoms with Crippen LogP contribution in [0.4, 0.5) is 0 Å². The molecule has 0 saturated heterocycles. The molecule has 0 aliphatic carbocycles. The van der Waals surface area contributed by atoms with Crippen LogP contribution in [0.25, 0.3) is 0 Å². The first kappa shape index (κ1) is 13.2. The highest BCUT2D eigenvalue weighted by Crippen LogP contribution is 2.21. The lowest BCUT2D eigenvalue weighted by atomic mass is 10.0. The summed E-state index contributed by atoms with van der Waals surface area (Å²) in [6.07, 6.45) is 1.88. The Balaban J connectivity index is 2.17. The molecule has 1 atom stereocenters. The number of hydrogen-bond acceptors (Lipinski definition) is 4. The minimum Gasteiger partial charge on any atom is -0.271 e. The number of aromatic nitrogens is 1. The van der Waals surface area contributed by atoms with Gasteiger partial charge in [-0.3, -0.25) is 11.3 Å². The van der Waals surface area contributed by atoms with Crippen LogP contribution in [-0.2, 0) is 12.8 Å². The molecule has 0 saturated carbocycles. The predicted molar refractivity (Wildman–Crippen MR) is 76.4 cm³/mol. The van der Waals surface area contributed by atoms with Crippen molar-refractivity contribution in [3.05, 3.63) is 51.5 Å². The van der Waals surface area contributed by atoms with Crippen molar-refractivity contribution in [2.75, 3.05) is 0 Å². The molecule has 1 heterocycles. The molecule has 96 valence electrons. The maximum Gasteiger partial charge on any atom is 0.0947 e. The third-order valence-electron chi connectivity index (χ3n) is 3.01. The van der Waals surface area contributed by atoms with Crippen LogP contribution >= 0.6 is 11.3 Å². The summed E-state index contributed by atoms with van der Waals surface area (Å²) in [5.74, 6) is 5.68. The molecule has 18 heavy (non-hydrogen) atoms. The lowest BCUT2D eigenvalue weighted by Crippen LogP contribution is -2.29. The Kier molecular flexibility index (Phi) is 4.47. The minimum absolute atomic E-state index is 0.127. The molecule has 0 aliphatic rings. The molecule has 2 rings (SSSR count). The molecule has 3 nitrogen and oxygen atoms in total. The van der Waals surface area contributed by atoms with Crippen LogP contribution in [0.2, 0.25) is 0 Å². The maximum atomic E-state index is 5.68. The molecule has 2 aromatic rings. The van der Waals surface area contributed by atoms with Crippen molar-refractivity contribution in [2.24, 2.45) is 5.84 Å². The standard InChI is InChI=1S/C14H19N3S/c1-3-11-5-4-6-12(7-11)13(17-15)8-14-16-10(2)9-18-14/h4-7,9,13,17H,3,8,15H2,1-2H3. The van der Waals surface area contributed by atoms with Gasteiger partial charge in [0.2, 0.25) is 0 Å². The first-order valence-corrected chi connectivity index (χ1v) is 7.07. The second-order valence-corrected chi connectivity index (χ2v) is 5.35. The molecule has 0 spiro atoms. The molecule has 0 amide bonds. The van der Waals surface area contributed by atoms with E-state index in [-0.39, 0.29) is 6.04 Å². The Morgan fingerprint density at radius 1 is 1.44 bits per heavy atom. The fourth-order valence-electron chi connectivity index (χ4n) is 1.97. The molecule has 0 fully saturated rings. The van der Waals surface area contributed by atoms with Crippen LogP contribution in [0, 0.1) is 6.92 Å². The van der Waals surface area contributed by atoms with Gasteiger partial charge in [0.05, 0.1) is 11.0 Å². The van der Waals surface area contributed by atoms with Gasteiger partial charge in [-0.25, -0.2) is 4.98 Å². The van der Waals surface area contributed by atoms with E-state index in [2.05, 4.69) is 47.0 Å². The summed E-state index contributed by atoms with van der Waals surface area (Å²) in [5, 5.41) is 3.20. The summed E-state index contributed by atoms with van der Waals surface area (Å²) in [7, 11) is 0. The summed E-state index contributed by atoms with van der Waals surface area (Å²) >= 11 is 1.69. The number of nitrogens with one attached hydrogen (secondary N) is 1. The number of hydrazine groups is 1. The highest BCUT2D eigenvalue weighted by atomic mass is 32.1. The second kappa shape index (κ2) is 6.09. The molecule has 1 aromatic heterocycles. The van der Waals surface area contributed by atoms with Gasteiger partial charge in [-0.1, -0.05) is 31.2 Å². The zero-order valence-corrected chi connectivity index (χ0v) is 11.6. The van der Waals surface area contributed by atoms with E-state index < -0.39 is 0 Å². The van der Waals surface area contributed by atoms with Crippen LogP contribution < -0.4 is 11.3 Å². The van der Waals surface area contributed by atoms with Gasteiger partial charge < -0.3 is 0 Å². The van der Waals surface area contributed by atoms with E-state index in [1.54, 1.807) is 11.3 Å². The van der Waals surface area contributed by atoms with Crippen LogP contribution in [0.3, 0.4) is 0 Å². The van der Waals surface area contributed by atoms with Crippen molar-refractivity contribution in [2.45, 2.75) is 32.7 Å². The number of thiazole rings is 1. The van der Waals surface area contributed by atoms with Crippen molar-refractivity contribution in [3.63, 3.8) is 0 Å². The van der Waals surface area contributed by atoms with Gasteiger partial charge in [0.1, 0.15) is 0 Å². The van der Waals surface area contributed by atoms with Gasteiger partial charge >= 0.3 is 0 Å². The number of nitrogens with two attached hydrogens (primary N) is 1. The molecular formula is C14H19N3S. The SMILES string of the molecule is CCc1cccc(C(Cc2nc(C)cs2)NN)c1. The van der Waals surface area contributed by atoms with Gasteiger partial charge in [-0.15, -0.1) is 11.3 Å². The molecule has 3 N–H and O–H groups in total. The first-order chi connectivity index (χ1) is 8.72. The zero-order valence-electron chi connectivity index (χ0n) is 10.8. The van der Waals surface area contributed by atoms with Gasteiger partial charge in [-0.05, 0) is 24.5 Å². The Bertz CT molecular complexity index is 507. The fraction of sp³-hybridized carbons (Fsp3) is 0.357. The monoisotopic (exact) mass is 261 g/mol. The van der Waals surface area contributed by atoms with E-state index in [9.17, 15) is 0 Å². The lowest BCUT2D eigenvalue weighted by molar-refractivity contribution is 0.550. The molecule has 4 heteroatoms. The number of benzene rings is 1. The zero-order chi connectivity index (χ0) is 13.0. The maximum absolute atomic E-state index is 5.68. The summed E-state index contributed by atoms with van der Waals surface area (Å²) in [4.78, 5) is 4.49. The number of aryl methyl sites for hydroxylation is 2. The summed E-state index contributed by atoms with van der Waals surface area (Å²) in [6.45, 7) is 4.18. The van der Waals surface area contributed by atoms with Crippen LogP contribution in [0.15, 0.2) is 29.6 Å². The van der Waals surface area contributed by atoms with Crippen LogP contribution in [0.1, 0.15) is 34.8 Å². The van der Waals surface area contributed by atoms with E-state index >= 15 is 0 Å². The van der Waals surface area contributed by atoms with E-state index in [4.69, 9.17) is 5.84 Å². The Labute approximate surface area is 112 Å². The smallest absolute Gasteiger partial charge is 0.0947 e. The molecular weight excluding hydrogens is 242 g/mol. The van der Waals surface area contributed by atoms with Gasteiger partial charge in [0, 0.05) is 17.5 Å². The number of nitrogens with zero attached hydrogens (tertiary/aromatic N) is 1. The first-order valence-electron chi connectivity index (χ1n) is 6.19. The van der Waals surface area contributed by atoms with Crippen LogP contribution in [0.5, 0.6) is 0 Å². The lowest BCUT2D eigenvalue weighted by Gasteiger charge is -2.15. The second-order valence-electron chi connectivity index (χ2n) is 4.40. The molecule has 1 aromatic carbocycles. The third-order valence-corrected chi connectivity index (χ3v) is 4.00. The van der Waals surface area contributed by atoms with Gasteiger partial charge in [0.15, 0.2) is 0 Å². The third kappa shape index (κ3) is 3.16. The van der Waals surface area contributed by atoms with E-state index in [0.717, 1.165) is 23.5 Å². The number of rotatable bonds is 5. The van der Waals surface area contributed by atoms with Crippen molar-refractivity contribution in [3.8, 4) is 0 Å². The van der Waals surface area contributed by atoms with Crippen molar-refractivity contribution < 1.29 is 0 Å². The Hall–Kier alpha value is -1.23. The molecule has 0 aliphatic heterocycles. The van der Waals surface area contributed by atoms with Crippen molar-refractivity contribution in [1.82, 2.24) is 10.4 Å². The van der Waals surface area contributed by atoms with E-state index in [0.29, 0.717) is 0 Å². The normalized spacial score (nSPS) is 12.6. The number of hydrogen-bond donors (Lipinski definition) is 2. The summed E-state index contributed by atoms with van der Waals surface area (Å²) < 4.78 is 0. The van der Waals surface area contributed by atoms with Crippen molar-refractivity contribution in [1.29, 1.82) is 0 Å². The topological polar surface area (TPSA) is 50.9 Å². The Morgan fingerprint density at radius 3 is 2.89 bits per heavy atom. The minimum atomic E-state index is 0.127. The van der Waals surface area contributed by atoms with Crippen LogP contribution in [-0.4, -0.2) is 4.98 Å². The molecule has 0 bridgehead atoms. The highest BCUT2D eigenvalue weighted by molar-refractivity contribution is 7.09. The van der Waals surface area contributed by atoms with Gasteiger partial charge in [-0.2, -0.15) is 0 Å². The quantitative estimate of drug-likeness (QED) is 0.643. The Morgan fingerprint density at radius 2 is 2.28 bits per heavy atom. The predicted octanol–water partition coefficient (Wildman–Crippen LogP) is 2.76. The summed E-state index contributed by atoms with van der Waals surface area (Å²) in [5.41, 5.74) is 6.53. The largest absolute Gasteiger partial charge is 0.271 e. The fourth-order valence-corrected chi connectivity index (χ4v) is 2.79. The average molecular weight is 261 g/mol. The molecule has 0 radical (unpaired) electrons. The molecule has 1 unspecified atom stereocenters. The van der Waals surface area contributed by atoms with E-state index in [1.165, 1.54) is 11.1 Å². The van der Waals surface area contributed by atoms with Gasteiger partial charge in [0.25, 0.3) is 0 Å². The van der Waals surface area contributed by atoms with Crippen molar-refractivity contribution >= 4 is 11.3 Å². The average Bonchev–Trinajstić information content (AvgIpc) is 2.81. The van der Waals surface area contributed by atoms with E-state index in [1.807, 2.05) is 6.92 Å². The summed E-state index contributed by atoms with van der Waals surface area (Å²) in [6, 6.07) is 8.69. The highest BCUT2D eigenvalue weighted by Gasteiger charge is 2.12.